The number of nitrogens with one attached hydrogen (secondary N) is 1. The lowest BCUT2D eigenvalue weighted by atomic mass is 9.69. The average molecular weight is 237 g/mol. The highest BCUT2D eigenvalue weighted by molar-refractivity contribution is 5.86. The molecule has 1 aliphatic carbocycles. The lowest BCUT2D eigenvalue weighted by molar-refractivity contribution is -0.131. The highest BCUT2D eigenvalue weighted by atomic mass is 16.1. The predicted molar refractivity (Wildman–Crippen MR) is 71.0 cm³/mol. The molecule has 1 unspecified atom stereocenters. The lowest BCUT2D eigenvalue weighted by Crippen LogP contribution is -2.39. The van der Waals surface area contributed by atoms with Gasteiger partial charge in [-0.05, 0) is 24.8 Å². The van der Waals surface area contributed by atoms with Crippen LogP contribution in [-0.2, 0) is 4.79 Å². The Morgan fingerprint density at radius 1 is 1.29 bits per heavy atom. The van der Waals surface area contributed by atoms with Crippen LogP contribution >= 0.6 is 0 Å². The van der Waals surface area contributed by atoms with Gasteiger partial charge in [-0.3, -0.25) is 4.79 Å². The number of carbonyl (C=O) groups excluding carboxylic acids is 1. The number of Topliss-reactive ketones (excluding diaryl/α,β-unsaturated/α-hetero) is 1. The minimum Gasteiger partial charge on any atom is -0.316 e. The first-order valence-corrected chi connectivity index (χ1v) is 7.39. The van der Waals surface area contributed by atoms with E-state index in [4.69, 9.17) is 0 Å². The van der Waals surface area contributed by atoms with E-state index in [1.54, 1.807) is 0 Å². The molecule has 2 fully saturated rings. The van der Waals surface area contributed by atoms with E-state index in [2.05, 4.69) is 19.2 Å². The van der Waals surface area contributed by atoms with Crippen molar-refractivity contribution in [2.75, 3.05) is 13.1 Å². The van der Waals surface area contributed by atoms with Gasteiger partial charge in [-0.1, -0.05) is 46.0 Å². The molecular weight excluding hydrogens is 210 g/mol. The minimum absolute atomic E-state index is 0.0442. The Labute approximate surface area is 106 Å². The number of rotatable bonds is 4. The second-order valence-corrected chi connectivity index (χ2v) is 6.37. The van der Waals surface area contributed by atoms with Crippen molar-refractivity contribution in [1.82, 2.24) is 5.32 Å². The summed E-state index contributed by atoms with van der Waals surface area (Å²) in [5.41, 5.74) is -0.0442. The summed E-state index contributed by atoms with van der Waals surface area (Å²) in [6, 6.07) is 0. The molecule has 2 heteroatoms. The minimum atomic E-state index is -0.0442. The summed E-state index contributed by atoms with van der Waals surface area (Å²) in [4.78, 5) is 12.6. The SMILES string of the molecule is CC(C)C1(C(=O)CC2CCCCC2)CCNC1. The van der Waals surface area contributed by atoms with Crippen LogP contribution in [0.25, 0.3) is 0 Å². The first kappa shape index (κ1) is 13.1. The molecule has 2 aliphatic rings. The molecule has 1 saturated heterocycles. The van der Waals surface area contributed by atoms with E-state index in [-0.39, 0.29) is 5.41 Å². The summed E-state index contributed by atoms with van der Waals surface area (Å²) in [6.45, 7) is 6.36. The van der Waals surface area contributed by atoms with Crippen LogP contribution in [0.5, 0.6) is 0 Å². The molecule has 17 heavy (non-hydrogen) atoms. The number of ketones is 1. The molecule has 0 bridgehead atoms. The summed E-state index contributed by atoms with van der Waals surface area (Å²) >= 11 is 0. The molecule has 0 aromatic carbocycles. The Morgan fingerprint density at radius 2 is 2.00 bits per heavy atom. The second-order valence-electron chi connectivity index (χ2n) is 6.37. The van der Waals surface area contributed by atoms with Crippen LogP contribution in [0.3, 0.4) is 0 Å². The maximum Gasteiger partial charge on any atom is 0.140 e. The van der Waals surface area contributed by atoms with Crippen molar-refractivity contribution in [3.63, 3.8) is 0 Å². The summed E-state index contributed by atoms with van der Waals surface area (Å²) in [6.07, 6.45) is 8.52. The van der Waals surface area contributed by atoms with Gasteiger partial charge in [0.05, 0.1) is 0 Å². The molecule has 0 amide bonds. The van der Waals surface area contributed by atoms with Gasteiger partial charge in [-0.25, -0.2) is 0 Å². The van der Waals surface area contributed by atoms with Crippen molar-refractivity contribution < 1.29 is 4.79 Å². The number of carbonyl (C=O) groups is 1. The molecule has 2 nitrogen and oxygen atoms in total. The van der Waals surface area contributed by atoms with E-state index < -0.39 is 0 Å². The zero-order valence-electron chi connectivity index (χ0n) is 11.4. The summed E-state index contributed by atoms with van der Waals surface area (Å²) in [5.74, 6) is 1.71. The fourth-order valence-electron chi connectivity index (χ4n) is 3.62. The van der Waals surface area contributed by atoms with E-state index in [0.717, 1.165) is 25.9 Å². The molecule has 1 aliphatic heterocycles. The van der Waals surface area contributed by atoms with Gasteiger partial charge in [0, 0.05) is 18.4 Å². The Balaban J connectivity index is 1.96. The second kappa shape index (κ2) is 5.51. The van der Waals surface area contributed by atoms with Crippen molar-refractivity contribution in [2.45, 2.75) is 58.8 Å². The quantitative estimate of drug-likeness (QED) is 0.813. The van der Waals surface area contributed by atoms with Gasteiger partial charge < -0.3 is 5.32 Å². The first-order chi connectivity index (χ1) is 8.15. The Bertz CT molecular complexity index is 260. The third-order valence-electron chi connectivity index (χ3n) is 5.05. The fraction of sp³-hybridized carbons (Fsp3) is 0.933. The third-order valence-corrected chi connectivity index (χ3v) is 5.05. The third kappa shape index (κ3) is 2.73. The van der Waals surface area contributed by atoms with Crippen LogP contribution in [0.1, 0.15) is 58.8 Å². The van der Waals surface area contributed by atoms with Crippen LogP contribution < -0.4 is 5.32 Å². The van der Waals surface area contributed by atoms with E-state index in [1.807, 2.05) is 0 Å². The molecule has 98 valence electrons. The Hall–Kier alpha value is -0.370. The number of hydrogen-bond donors (Lipinski definition) is 1. The van der Waals surface area contributed by atoms with Gasteiger partial charge in [0.1, 0.15) is 5.78 Å². The maximum absolute atomic E-state index is 12.6. The van der Waals surface area contributed by atoms with Gasteiger partial charge in [0.2, 0.25) is 0 Å². The largest absolute Gasteiger partial charge is 0.316 e. The molecule has 0 aromatic rings. The monoisotopic (exact) mass is 237 g/mol. The van der Waals surface area contributed by atoms with Crippen LogP contribution in [0, 0.1) is 17.3 Å². The maximum atomic E-state index is 12.6. The molecule has 0 radical (unpaired) electrons. The zero-order chi connectivity index (χ0) is 12.3. The topological polar surface area (TPSA) is 29.1 Å². The molecular formula is C15H27NO. The normalized spacial score (nSPS) is 31.0. The van der Waals surface area contributed by atoms with Gasteiger partial charge in [-0.2, -0.15) is 0 Å². The van der Waals surface area contributed by atoms with Gasteiger partial charge in [-0.15, -0.1) is 0 Å². The Morgan fingerprint density at radius 3 is 2.53 bits per heavy atom. The van der Waals surface area contributed by atoms with E-state index in [0.29, 0.717) is 17.6 Å². The highest BCUT2D eigenvalue weighted by Gasteiger charge is 2.43. The molecule has 0 aromatic heterocycles. The Kier molecular flexibility index (Phi) is 4.24. The van der Waals surface area contributed by atoms with Crippen molar-refractivity contribution >= 4 is 5.78 Å². The standard InChI is InChI=1S/C15H27NO/c1-12(2)15(8-9-16-11-15)14(17)10-13-6-4-3-5-7-13/h12-13,16H,3-11H2,1-2H3. The van der Waals surface area contributed by atoms with Crippen LogP contribution in [-0.4, -0.2) is 18.9 Å². The molecule has 0 spiro atoms. The van der Waals surface area contributed by atoms with Gasteiger partial charge >= 0.3 is 0 Å². The molecule has 2 rings (SSSR count). The summed E-state index contributed by atoms with van der Waals surface area (Å²) < 4.78 is 0. The molecule has 1 atom stereocenters. The number of hydrogen-bond acceptors (Lipinski definition) is 2. The average Bonchev–Trinajstić information content (AvgIpc) is 2.80. The molecule has 1 saturated carbocycles. The zero-order valence-corrected chi connectivity index (χ0v) is 11.4. The van der Waals surface area contributed by atoms with Crippen molar-refractivity contribution in [2.24, 2.45) is 17.3 Å². The summed E-state index contributed by atoms with van der Waals surface area (Å²) in [7, 11) is 0. The smallest absolute Gasteiger partial charge is 0.140 e. The van der Waals surface area contributed by atoms with Crippen molar-refractivity contribution in [1.29, 1.82) is 0 Å². The predicted octanol–water partition coefficient (Wildman–Crippen LogP) is 3.16. The van der Waals surface area contributed by atoms with Gasteiger partial charge in [0.15, 0.2) is 0 Å². The van der Waals surface area contributed by atoms with Crippen LogP contribution in [0.15, 0.2) is 0 Å². The molecule has 1 heterocycles. The van der Waals surface area contributed by atoms with Gasteiger partial charge in [0.25, 0.3) is 0 Å². The van der Waals surface area contributed by atoms with Crippen LogP contribution in [0.2, 0.25) is 0 Å². The fourth-order valence-corrected chi connectivity index (χ4v) is 3.62. The van der Waals surface area contributed by atoms with E-state index in [9.17, 15) is 4.79 Å². The lowest BCUT2D eigenvalue weighted by Gasteiger charge is -2.33. The highest BCUT2D eigenvalue weighted by Crippen LogP contribution is 2.38. The molecule has 1 N–H and O–H groups in total. The van der Waals surface area contributed by atoms with E-state index >= 15 is 0 Å². The van der Waals surface area contributed by atoms with Crippen LogP contribution in [0.4, 0.5) is 0 Å². The van der Waals surface area contributed by atoms with E-state index in [1.165, 1.54) is 32.1 Å². The first-order valence-electron chi connectivity index (χ1n) is 7.39. The van der Waals surface area contributed by atoms with Crippen molar-refractivity contribution in [3.8, 4) is 0 Å². The van der Waals surface area contributed by atoms with Crippen molar-refractivity contribution in [3.05, 3.63) is 0 Å². The summed E-state index contributed by atoms with van der Waals surface area (Å²) in [5, 5.41) is 3.39.